The van der Waals surface area contributed by atoms with Gasteiger partial charge in [0.25, 0.3) is 11.5 Å². The Morgan fingerprint density at radius 2 is 2.00 bits per heavy atom. The minimum atomic E-state index is -0.443. The van der Waals surface area contributed by atoms with Crippen LogP contribution in [0.1, 0.15) is 48.2 Å². The van der Waals surface area contributed by atoms with Gasteiger partial charge in [-0.15, -0.1) is 5.10 Å². The molecule has 1 aromatic carbocycles. The number of anilines is 1. The lowest BCUT2D eigenvalue weighted by Gasteiger charge is -2.19. The van der Waals surface area contributed by atoms with Crippen molar-refractivity contribution in [2.24, 2.45) is 0 Å². The molecule has 1 N–H and O–H groups in total. The van der Waals surface area contributed by atoms with E-state index in [0.717, 1.165) is 42.2 Å². The normalized spacial score (nSPS) is 11.0. The maximum absolute atomic E-state index is 12.8. The number of nitrogens with zero attached hydrogens (tertiary/aromatic N) is 4. The number of rotatable bonds is 8. The van der Waals surface area contributed by atoms with E-state index in [-0.39, 0.29) is 5.56 Å². The Labute approximate surface area is 168 Å². The number of nitrogens with one attached hydrogen (secondary N) is 1. The number of amides is 1. The van der Waals surface area contributed by atoms with Gasteiger partial charge in [-0.1, -0.05) is 55.0 Å². The summed E-state index contributed by atoms with van der Waals surface area (Å²) in [4.78, 5) is 32.2. The monoisotopic (exact) mass is 399 g/mol. The van der Waals surface area contributed by atoms with Crippen LogP contribution >= 0.6 is 11.3 Å². The number of carbonyl (C=O) groups excluding carboxylic acids is 1. The zero-order valence-corrected chi connectivity index (χ0v) is 17.3. The van der Waals surface area contributed by atoms with Gasteiger partial charge in [0, 0.05) is 25.8 Å². The highest BCUT2D eigenvalue weighted by atomic mass is 32.1. The van der Waals surface area contributed by atoms with Gasteiger partial charge in [0.15, 0.2) is 0 Å². The fourth-order valence-electron chi connectivity index (χ4n) is 3.00. The zero-order chi connectivity index (χ0) is 20.1. The molecule has 1 amide bonds. The highest BCUT2D eigenvalue weighted by Crippen LogP contribution is 2.21. The van der Waals surface area contributed by atoms with E-state index in [1.807, 2.05) is 31.2 Å². The standard InChI is InChI=1S/C20H25N5O2S/c1-4-9-24(10-5-2)20-23-25-18(27)16(13-22-19(25)28-20)17(26)21-12-15-8-6-7-14(3)11-15/h6-8,11,13H,4-5,9-10,12H2,1-3H3,(H,21,26). The van der Waals surface area contributed by atoms with Gasteiger partial charge in [-0.25, -0.2) is 4.98 Å². The quantitative estimate of drug-likeness (QED) is 0.630. The van der Waals surface area contributed by atoms with Crippen LogP contribution in [0.3, 0.4) is 0 Å². The number of fused-ring (bicyclic) bond motifs is 1. The molecule has 3 aromatic rings. The second kappa shape index (κ2) is 8.97. The lowest BCUT2D eigenvalue weighted by Crippen LogP contribution is -2.31. The summed E-state index contributed by atoms with van der Waals surface area (Å²) in [7, 11) is 0. The Kier molecular flexibility index (Phi) is 6.41. The molecule has 2 aromatic heterocycles. The highest BCUT2D eigenvalue weighted by Gasteiger charge is 2.18. The zero-order valence-electron chi connectivity index (χ0n) is 16.4. The Hall–Kier alpha value is -2.74. The summed E-state index contributed by atoms with van der Waals surface area (Å²) in [6, 6.07) is 7.87. The smallest absolute Gasteiger partial charge is 0.288 e. The second-order valence-electron chi connectivity index (χ2n) is 6.71. The molecular formula is C20H25N5O2S. The van der Waals surface area contributed by atoms with E-state index in [9.17, 15) is 9.59 Å². The van der Waals surface area contributed by atoms with E-state index in [0.29, 0.717) is 11.5 Å². The first kappa shape index (κ1) is 20.0. The molecule has 0 spiro atoms. The molecule has 0 aliphatic heterocycles. The van der Waals surface area contributed by atoms with Crippen molar-refractivity contribution in [3.63, 3.8) is 0 Å². The number of hydrogen-bond acceptors (Lipinski definition) is 6. The molecule has 0 unspecified atom stereocenters. The summed E-state index contributed by atoms with van der Waals surface area (Å²) in [5, 5.41) is 7.98. The van der Waals surface area contributed by atoms with Crippen LogP contribution in [-0.4, -0.2) is 33.6 Å². The summed E-state index contributed by atoms with van der Waals surface area (Å²) in [5.74, 6) is -0.443. The van der Waals surface area contributed by atoms with E-state index < -0.39 is 11.5 Å². The Morgan fingerprint density at radius 1 is 1.25 bits per heavy atom. The van der Waals surface area contributed by atoms with E-state index in [2.05, 4.69) is 34.1 Å². The summed E-state index contributed by atoms with van der Waals surface area (Å²) in [6.07, 6.45) is 3.32. The molecule has 8 heteroatoms. The minimum Gasteiger partial charge on any atom is -0.348 e. The topological polar surface area (TPSA) is 79.6 Å². The number of benzene rings is 1. The van der Waals surface area contributed by atoms with Gasteiger partial charge in [0.1, 0.15) is 5.56 Å². The van der Waals surface area contributed by atoms with Crippen LogP contribution in [0.4, 0.5) is 5.13 Å². The Bertz CT molecular complexity index is 1020. The van der Waals surface area contributed by atoms with Crippen molar-refractivity contribution in [1.29, 1.82) is 0 Å². The number of hydrogen-bond donors (Lipinski definition) is 1. The van der Waals surface area contributed by atoms with E-state index in [4.69, 9.17) is 0 Å². The first-order valence-corrected chi connectivity index (χ1v) is 10.3. The van der Waals surface area contributed by atoms with Crippen LogP contribution in [0, 0.1) is 6.92 Å². The van der Waals surface area contributed by atoms with Gasteiger partial charge in [0.05, 0.1) is 0 Å². The van der Waals surface area contributed by atoms with Crippen molar-refractivity contribution in [2.75, 3.05) is 18.0 Å². The van der Waals surface area contributed by atoms with Crippen molar-refractivity contribution in [3.05, 3.63) is 57.5 Å². The van der Waals surface area contributed by atoms with Gasteiger partial charge in [-0.2, -0.15) is 4.52 Å². The fourth-order valence-corrected chi connectivity index (χ4v) is 3.92. The van der Waals surface area contributed by atoms with Gasteiger partial charge in [0.2, 0.25) is 10.1 Å². The number of aromatic nitrogens is 3. The van der Waals surface area contributed by atoms with Gasteiger partial charge in [-0.3, -0.25) is 9.59 Å². The molecule has 148 valence electrons. The van der Waals surface area contributed by atoms with Crippen molar-refractivity contribution < 1.29 is 4.79 Å². The van der Waals surface area contributed by atoms with Crippen LogP contribution in [0.25, 0.3) is 4.96 Å². The summed E-state index contributed by atoms with van der Waals surface area (Å²) in [5.41, 5.74) is 1.66. The lowest BCUT2D eigenvalue weighted by atomic mass is 10.1. The van der Waals surface area contributed by atoms with Crippen LogP contribution in [0.15, 0.2) is 35.3 Å². The highest BCUT2D eigenvalue weighted by molar-refractivity contribution is 7.20. The largest absolute Gasteiger partial charge is 0.348 e. The average molecular weight is 400 g/mol. The molecular weight excluding hydrogens is 374 g/mol. The lowest BCUT2D eigenvalue weighted by molar-refractivity contribution is 0.0948. The first-order chi connectivity index (χ1) is 13.5. The van der Waals surface area contributed by atoms with Crippen LogP contribution in [0.2, 0.25) is 0 Å². The molecule has 0 radical (unpaired) electrons. The minimum absolute atomic E-state index is 0.000430. The van der Waals surface area contributed by atoms with Crippen molar-refractivity contribution in [1.82, 2.24) is 19.9 Å². The Balaban J connectivity index is 1.83. The Morgan fingerprint density at radius 3 is 2.68 bits per heavy atom. The third-order valence-corrected chi connectivity index (χ3v) is 5.30. The van der Waals surface area contributed by atoms with E-state index >= 15 is 0 Å². The van der Waals surface area contributed by atoms with Crippen LogP contribution in [-0.2, 0) is 6.54 Å². The van der Waals surface area contributed by atoms with Gasteiger partial charge < -0.3 is 10.2 Å². The SMILES string of the molecule is CCCN(CCC)c1nn2c(=O)c(C(=O)NCc3cccc(C)c3)cnc2s1. The molecule has 0 fully saturated rings. The predicted molar refractivity (Wildman–Crippen MR) is 112 cm³/mol. The fraction of sp³-hybridized carbons (Fsp3) is 0.400. The molecule has 2 heterocycles. The van der Waals surface area contributed by atoms with Crippen molar-refractivity contribution in [3.8, 4) is 0 Å². The molecule has 0 saturated carbocycles. The summed E-state index contributed by atoms with van der Waals surface area (Å²) >= 11 is 1.37. The van der Waals surface area contributed by atoms with Crippen LogP contribution in [0.5, 0.6) is 0 Å². The third-order valence-electron chi connectivity index (χ3n) is 4.31. The predicted octanol–water partition coefficient (Wildman–Crippen LogP) is 3.02. The van der Waals surface area contributed by atoms with Gasteiger partial charge in [-0.05, 0) is 25.3 Å². The average Bonchev–Trinajstić information content (AvgIpc) is 3.11. The van der Waals surface area contributed by atoms with Crippen LogP contribution < -0.4 is 15.8 Å². The summed E-state index contributed by atoms with van der Waals surface area (Å²) < 4.78 is 1.24. The molecule has 0 bridgehead atoms. The maximum atomic E-state index is 12.8. The third kappa shape index (κ3) is 4.39. The molecule has 0 saturated heterocycles. The first-order valence-electron chi connectivity index (χ1n) is 9.51. The molecule has 0 aliphatic rings. The molecule has 3 rings (SSSR count). The van der Waals surface area contributed by atoms with Crippen molar-refractivity contribution in [2.45, 2.75) is 40.2 Å². The molecule has 28 heavy (non-hydrogen) atoms. The maximum Gasteiger partial charge on any atom is 0.288 e. The number of carbonyl (C=O) groups is 1. The molecule has 7 nitrogen and oxygen atoms in total. The van der Waals surface area contributed by atoms with E-state index in [1.165, 1.54) is 22.0 Å². The van der Waals surface area contributed by atoms with Crippen molar-refractivity contribution >= 4 is 27.3 Å². The van der Waals surface area contributed by atoms with E-state index in [1.54, 1.807) is 0 Å². The molecule has 0 atom stereocenters. The number of aryl methyl sites for hydroxylation is 1. The summed E-state index contributed by atoms with van der Waals surface area (Å²) in [6.45, 7) is 8.30. The molecule has 0 aliphatic carbocycles. The van der Waals surface area contributed by atoms with Gasteiger partial charge >= 0.3 is 0 Å². The second-order valence-corrected chi connectivity index (χ2v) is 7.65.